The van der Waals surface area contributed by atoms with E-state index in [4.69, 9.17) is 22.9 Å². The standard InChI is InChI=1S/C30H55N11O11/c1-5-15(4)23(41-27(49)22(32)14(2)3)28(50)40-19(13-43)26(48)39-18(12-42)25(47)38-16(7-6-10-35-30(33)34)24(46)36-11-21(45)37-17(29(51)52)8-9-20(31)44/h14-19,22-23,42-43H,5-13,32H2,1-4H3,(H2,31,44)(H,36,46)(H,37,45)(H,38,47)(H,39,48)(H,40,50)(H,41,49)(H,51,52)(H4,33,34,35)/t15-,16-,17-,18-,19-,22-,23-/m0/s1. The molecule has 0 saturated carbocycles. The van der Waals surface area contributed by atoms with Crippen LogP contribution in [0.2, 0.25) is 0 Å². The summed E-state index contributed by atoms with van der Waals surface area (Å²) in [6.07, 6.45) is -0.168. The monoisotopic (exact) mass is 745 g/mol. The van der Waals surface area contributed by atoms with Gasteiger partial charge in [-0.15, -0.1) is 0 Å². The number of carbonyl (C=O) groups is 8. The zero-order chi connectivity index (χ0) is 40.1. The van der Waals surface area contributed by atoms with Gasteiger partial charge in [-0.25, -0.2) is 4.79 Å². The third-order valence-corrected chi connectivity index (χ3v) is 7.76. The van der Waals surface area contributed by atoms with Gasteiger partial charge in [0.2, 0.25) is 41.4 Å². The van der Waals surface area contributed by atoms with Gasteiger partial charge in [0.15, 0.2) is 5.96 Å². The van der Waals surface area contributed by atoms with Gasteiger partial charge in [0.25, 0.3) is 0 Å². The number of nitrogens with one attached hydrogen (secondary N) is 6. The van der Waals surface area contributed by atoms with Crippen molar-refractivity contribution in [3.63, 3.8) is 0 Å². The molecular weight excluding hydrogens is 690 g/mol. The summed E-state index contributed by atoms with van der Waals surface area (Å²) < 4.78 is 0. The summed E-state index contributed by atoms with van der Waals surface area (Å²) in [6.45, 7) is 4.26. The molecule has 0 aromatic carbocycles. The molecule has 22 heteroatoms. The van der Waals surface area contributed by atoms with Crippen molar-refractivity contribution < 1.29 is 53.7 Å². The number of carbonyl (C=O) groups excluding carboxylic acids is 7. The number of hydrogen-bond donors (Lipinski definition) is 13. The highest BCUT2D eigenvalue weighted by Gasteiger charge is 2.33. The van der Waals surface area contributed by atoms with E-state index in [0.29, 0.717) is 6.42 Å². The first-order valence-corrected chi connectivity index (χ1v) is 16.6. The Morgan fingerprint density at radius 3 is 1.69 bits per heavy atom. The maximum Gasteiger partial charge on any atom is 0.326 e. The lowest BCUT2D eigenvalue weighted by Crippen LogP contribution is -2.61. The maximum absolute atomic E-state index is 13.2. The molecule has 0 heterocycles. The van der Waals surface area contributed by atoms with Crippen LogP contribution in [0.3, 0.4) is 0 Å². The van der Waals surface area contributed by atoms with E-state index in [1.54, 1.807) is 27.7 Å². The molecule has 0 aromatic rings. The lowest BCUT2D eigenvalue weighted by molar-refractivity contribution is -0.142. The van der Waals surface area contributed by atoms with Crippen molar-refractivity contribution in [2.45, 2.75) is 96.1 Å². The van der Waals surface area contributed by atoms with Crippen molar-refractivity contribution in [2.75, 3.05) is 26.3 Å². The maximum atomic E-state index is 13.2. The van der Waals surface area contributed by atoms with Crippen molar-refractivity contribution in [1.29, 1.82) is 0 Å². The fourth-order valence-corrected chi connectivity index (χ4v) is 4.30. The fraction of sp³-hybridized carbons (Fsp3) is 0.700. The summed E-state index contributed by atoms with van der Waals surface area (Å²) in [6, 6.07) is -8.26. The van der Waals surface area contributed by atoms with Crippen LogP contribution >= 0.6 is 0 Å². The molecule has 52 heavy (non-hydrogen) atoms. The van der Waals surface area contributed by atoms with Gasteiger partial charge in [0, 0.05) is 13.0 Å². The molecular formula is C30H55N11O11. The van der Waals surface area contributed by atoms with Gasteiger partial charge in [-0.1, -0.05) is 34.1 Å². The SMILES string of the molecule is CC[C@H](C)[C@H](NC(=O)[C@@H](N)C(C)C)C(=O)N[C@@H](CO)C(=O)N[C@@H](CO)C(=O)N[C@@H](CCCN=C(N)N)C(=O)NCC(=O)N[C@@H](CCC(N)=O)C(=O)O. The van der Waals surface area contributed by atoms with Gasteiger partial charge in [0.05, 0.1) is 25.8 Å². The summed E-state index contributed by atoms with van der Waals surface area (Å²) in [5.41, 5.74) is 21.5. The van der Waals surface area contributed by atoms with Crippen molar-refractivity contribution in [1.82, 2.24) is 31.9 Å². The highest BCUT2D eigenvalue weighted by molar-refractivity contribution is 5.96. The Hall–Kier alpha value is -5.09. The normalized spacial score (nSPS) is 14.9. The van der Waals surface area contributed by atoms with Gasteiger partial charge in [-0.05, 0) is 31.1 Å². The number of rotatable bonds is 25. The number of nitrogens with zero attached hydrogens (tertiary/aromatic N) is 1. The van der Waals surface area contributed by atoms with E-state index < -0.39 is 109 Å². The molecule has 0 radical (unpaired) electrons. The van der Waals surface area contributed by atoms with Crippen molar-refractivity contribution in [3.05, 3.63) is 0 Å². The molecule has 22 nitrogen and oxygen atoms in total. The summed E-state index contributed by atoms with van der Waals surface area (Å²) in [7, 11) is 0. The third-order valence-electron chi connectivity index (χ3n) is 7.76. The second-order valence-electron chi connectivity index (χ2n) is 12.3. The average Bonchev–Trinajstić information content (AvgIpc) is 3.08. The first kappa shape index (κ1) is 46.9. The zero-order valence-corrected chi connectivity index (χ0v) is 29.8. The highest BCUT2D eigenvalue weighted by Crippen LogP contribution is 2.10. The van der Waals surface area contributed by atoms with Crippen molar-refractivity contribution in [3.8, 4) is 0 Å². The fourth-order valence-electron chi connectivity index (χ4n) is 4.30. The molecule has 7 atom stereocenters. The van der Waals surface area contributed by atoms with Gasteiger partial charge in [-0.2, -0.15) is 0 Å². The number of carboxylic acid groups (broad SMARTS) is 1. The van der Waals surface area contributed by atoms with Crippen LogP contribution in [0.1, 0.15) is 59.8 Å². The molecule has 0 aromatic heterocycles. The molecule has 0 aliphatic rings. The van der Waals surface area contributed by atoms with Gasteiger partial charge >= 0.3 is 5.97 Å². The van der Waals surface area contributed by atoms with E-state index in [9.17, 15) is 53.7 Å². The second kappa shape index (κ2) is 24.2. The number of nitrogens with two attached hydrogens (primary N) is 4. The molecule has 0 rings (SSSR count). The van der Waals surface area contributed by atoms with Crippen LogP contribution in [0.5, 0.6) is 0 Å². The van der Waals surface area contributed by atoms with Gasteiger partial charge < -0.3 is 70.2 Å². The smallest absolute Gasteiger partial charge is 0.326 e. The lowest BCUT2D eigenvalue weighted by atomic mass is 9.96. The Morgan fingerprint density at radius 1 is 0.692 bits per heavy atom. The van der Waals surface area contributed by atoms with E-state index in [0.717, 1.165) is 0 Å². The van der Waals surface area contributed by atoms with Gasteiger partial charge in [-0.3, -0.25) is 38.6 Å². The molecule has 0 bridgehead atoms. The minimum absolute atomic E-state index is 0.0299. The average molecular weight is 746 g/mol. The predicted molar refractivity (Wildman–Crippen MR) is 185 cm³/mol. The molecule has 0 aliphatic heterocycles. The van der Waals surface area contributed by atoms with Crippen molar-refractivity contribution in [2.24, 2.45) is 39.8 Å². The Balaban J connectivity index is 5.75. The first-order valence-electron chi connectivity index (χ1n) is 16.6. The Labute approximate surface area is 301 Å². The van der Waals surface area contributed by atoms with Crippen LogP contribution in [0, 0.1) is 11.8 Å². The van der Waals surface area contributed by atoms with Gasteiger partial charge in [0.1, 0.15) is 30.2 Å². The summed E-state index contributed by atoms with van der Waals surface area (Å²) >= 11 is 0. The number of hydrogen-bond acceptors (Lipinski definition) is 12. The molecule has 0 saturated heterocycles. The minimum Gasteiger partial charge on any atom is -0.480 e. The molecule has 0 unspecified atom stereocenters. The second-order valence-corrected chi connectivity index (χ2v) is 12.3. The first-order chi connectivity index (χ1) is 24.3. The lowest BCUT2D eigenvalue weighted by Gasteiger charge is -2.28. The molecule has 17 N–H and O–H groups in total. The summed E-state index contributed by atoms with van der Waals surface area (Å²) in [5.74, 6) is -8.56. The van der Waals surface area contributed by atoms with Crippen LogP contribution in [-0.2, 0) is 38.4 Å². The molecule has 0 fully saturated rings. The van der Waals surface area contributed by atoms with Crippen LogP contribution in [0.4, 0.5) is 0 Å². The quantitative estimate of drug-likeness (QED) is 0.0235. The number of amides is 7. The topological polar surface area (TPSA) is 386 Å². The van der Waals surface area contributed by atoms with Crippen LogP contribution in [0.15, 0.2) is 4.99 Å². The van der Waals surface area contributed by atoms with Crippen LogP contribution in [-0.4, -0.2) is 131 Å². The molecule has 0 spiro atoms. The number of aliphatic imine (C=N–C) groups is 1. The van der Waals surface area contributed by atoms with E-state index in [1.165, 1.54) is 0 Å². The number of aliphatic hydroxyl groups excluding tert-OH is 2. The number of aliphatic carboxylic acids is 1. The molecule has 7 amide bonds. The van der Waals surface area contributed by atoms with Crippen LogP contribution in [0.25, 0.3) is 0 Å². The van der Waals surface area contributed by atoms with E-state index in [1.807, 2.05) is 0 Å². The number of guanidine groups is 1. The number of carboxylic acids is 1. The molecule has 0 aliphatic carbocycles. The Bertz CT molecular complexity index is 1280. The third kappa shape index (κ3) is 17.7. The van der Waals surface area contributed by atoms with Crippen molar-refractivity contribution >= 4 is 53.3 Å². The number of aliphatic hydroxyl groups is 2. The van der Waals surface area contributed by atoms with E-state index >= 15 is 0 Å². The van der Waals surface area contributed by atoms with E-state index in [2.05, 4.69) is 36.9 Å². The number of primary amides is 1. The Kier molecular flexibility index (Phi) is 21.8. The molecule has 296 valence electrons. The zero-order valence-electron chi connectivity index (χ0n) is 29.8. The van der Waals surface area contributed by atoms with E-state index in [-0.39, 0.29) is 44.1 Å². The van der Waals surface area contributed by atoms with Crippen LogP contribution < -0.4 is 54.8 Å². The largest absolute Gasteiger partial charge is 0.480 e. The Morgan fingerprint density at radius 2 is 1.23 bits per heavy atom. The highest BCUT2D eigenvalue weighted by atomic mass is 16.4. The summed E-state index contributed by atoms with van der Waals surface area (Å²) in [5, 5.41) is 42.9. The predicted octanol–water partition coefficient (Wildman–Crippen LogP) is -6.06. The minimum atomic E-state index is -1.70. The summed E-state index contributed by atoms with van der Waals surface area (Å²) in [4.78, 5) is 103.